The molecule has 31 heavy (non-hydrogen) atoms. The van der Waals surface area contributed by atoms with Crippen molar-refractivity contribution in [3.63, 3.8) is 0 Å². The summed E-state index contributed by atoms with van der Waals surface area (Å²) in [6, 6.07) is 11.4. The summed E-state index contributed by atoms with van der Waals surface area (Å²) in [5.41, 5.74) is 3.03. The zero-order valence-corrected chi connectivity index (χ0v) is 17.1. The van der Waals surface area contributed by atoms with Gasteiger partial charge in [0.2, 0.25) is 5.91 Å². The molecular weight excluding hydrogens is 398 g/mol. The highest BCUT2D eigenvalue weighted by molar-refractivity contribution is 6.43. The Kier molecular flexibility index (Phi) is 5.70. The third kappa shape index (κ3) is 4.58. The minimum Gasteiger partial charge on any atom is -0.465 e. The first-order chi connectivity index (χ1) is 15.0. The lowest BCUT2D eigenvalue weighted by Gasteiger charge is -2.30. The first-order valence-corrected chi connectivity index (χ1v) is 10.2. The van der Waals surface area contributed by atoms with Crippen molar-refractivity contribution < 1.29 is 23.9 Å². The average Bonchev–Trinajstić information content (AvgIpc) is 3.63. The zero-order valence-electron chi connectivity index (χ0n) is 17.1. The van der Waals surface area contributed by atoms with Gasteiger partial charge in [0, 0.05) is 29.5 Å². The fourth-order valence-corrected chi connectivity index (χ4v) is 3.62. The molecule has 1 fully saturated rings. The molecular formula is C23H23N3O5. The molecule has 0 radical (unpaired) electrons. The van der Waals surface area contributed by atoms with Crippen molar-refractivity contribution in [2.45, 2.75) is 25.7 Å². The van der Waals surface area contributed by atoms with Gasteiger partial charge >= 0.3 is 17.8 Å². The molecule has 0 spiro atoms. The molecule has 1 aliphatic carbocycles. The number of aryl methyl sites for hydroxylation is 1. The molecule has 160 valence electrons. The predicted octanol–water partition coefficient (Wildman–Crippen LogP) is 2.74. The molecule has 0 unspecified atom stereocenters. The lowest BCUT2D eigenvalue weighted by Crippen LogP contribution is -2.36. The van der Waals surface area contributed by atoms with Gasteiger partial charge in [-0.1, -0.05) is 6.07 Å². The number of amides is 3. The van der Waals surface area contributed by atoms with E-state index in [1.165, 1.54) is 31.4 Å². The number of hydrogen-bond acceptors (Lipinski definition) is 5. The van der Waals surface area contributed by atoms with Crippen LogP contribution < -0.4 is 15.5 Å². The Morgan fingerprint density at radius 2 is 1.58 bits per heavy atom. The van der Waals surface area contributed by atoms with E-state index in [2.05, 4.69) is 15.4 Å². The fraction of sp³-hybridized carbons (Fsp3) is 0.304. The minimum absolute atomic E-state index is 0.112. The molecule has 1 aliphatic heterocycles. The molecule has 0 aromatic heterocycles. The van der Waals surface area contributed by atoms with E-state index in [1.807, 2.05) is 6.07 Å². The normalized spacial score (nSPS) is 14.9. The standard InChI is InChI=1S/C23H23N3O5/c1-31-23(30)16-7-9-17(10-8-16)24-20(27)21(28)25-18-11-6-14-3-2-12-26(19(14)13-18)22(29)15-4-5-15/h6-11,13,15H,2-5,12H2,1H3,(H,24,27)(H,25,28). The quantitative estimate of drug-likeness (QED) is 0.583. The molecule has 4 rings (SSSR count). The number of anilines is 3. The van der Waals surface area contributed by atoms with Crippen LogP contribution in [-0.4, -0.2) is 37.3 Å². The molecule has 0 saturated heterocycles. The number of benzene rings is 2. The van der Waals surface area contributed by atoms with Crippen LogP contribution in [0.2, 0.25) is 0 Å². The number of fused-ring (bicyclic) bond motifs is 1. The molecule has 2 aromatic rings. The highest BCUT2D eigenvalue weighted by atomic mass is 16.5. The SMILES string of the molecule is COC(=O)c1ccc(NC(=O)C(=O)Nc2ccc3c(c2)N(C(=O)C2CC2)CCC3)cc1. The molecule has 0 bridgehead atoms. The highest BCUT2D eigenvalue weighted by Gasteiger charge is 2.35. The molecule has 8 nitrogen and oxygen atoms in total. The Hall–Kier alpha value is -3.68. The van der Waals surface area contributed by atoms with Gasteiger partial charge in [-0.2, -0.15) is 0 Å². The molecule has 2 N–H and O–H groups in total. The van der Waals surface area contributed by atoms with Crippen LogP contribution >= 0.6 is 0 Å². The number of nitrogens with one attached hydrogen (secondary N) is 2. The van der Waals surface area contributed by atoms with Gasteiger partial charge in [0.1, 0.15) is 0 Å². The maximum atomic E-state index is 12.6. The van der Waals surface area contributed by atoms with Crippen molar-refractivity contribution in [2.75, 3.05) is 29.2 Å². The second-order valence-electron chi connectivity index (χ2n) is 7.69. The molecule has 2 aromatic carbocycles. The van der Waals surface area contributed by atoms with Crippen molar-refractivity contribution in [1.29, 1.82) is 0 Å². The highest BCUT2D eigenvalue weighted by Crippen LogP contribution is 2.36. The molecule has 8 heteroatoms. The van der Waals surface area contributed by atoms with E-state index in [4.69, 9.17) is 0 Å². The van der Waals surface area contributed by atoms with Crippen LogP contribution in [0, 0.1) is 5.92 Å². The maximum Gasteiger partial charge on any atom is 0.337 e. The number of esters is 1. The number of ether oxygens (including phenoxy) is 1. The van der Waals surface area contributed by atoms with Crippen LogP contribution in [-0.2, 0) is 25.5 Å². The van der Waals surface area contributed by atoms with E-state index < -0.39 is 17.8 Å². The Bertz CT molecular complexity index is 1040. The maximum absolute atomic E-state index is 12.6. The molecule has 1 saturated carbocycles. The first-order valence-electron chi connectivity index (χ1n) is 10.2. The Balaban J connectivity index is 1.42. The smallest absolute Gasteiger partial charge is 0.337 e. The third-order valence-electron chi connectivity index (χ3n) is 5.42. The van der Waals surface area contributed by atoms with E-state index in [9.17, 15) is 19.2 Å². The first kappa shape index (κ1) is 20.6. The van der Waals surface area contributed by atoms with E-state index in [0.717, 1.165) is 36.9 Å². The van der Waals surface area contributed by atoms with Gasteiger partial charge in [-0.15, -0.1) is 0 Å². The fourth-order valence-electron chi connectivity index (χ4n) is 3.62. The van der Waals surface area contributed by atoms with Crippen LogP contribution in [0.4, 0.5) is 17.1 Å². The summed E-state index contributed by atoms with van der Waals surface area (Å²) < 4.78 is 4.63. The largest absolute Gasteiger partial charge is 0.465 e. The lowest BCUT2D eigenvalue weighted by molar-refractivity contribution is -0.132. The van der Waals surface area contributed by atoms with E-state index >= 15 is 0 Å². The van der Waals surface area contributed by atoms with Crippen LogP contribution in [0.3, 0.4) is 0 Å². The van der Waals surface area contributed by atoms with Gasteiger partial charge in [-0.3, -0.25) is 14.4 Å². The number of carbonyl (C=O) groups is 4. The van der Waals surface area contributed by atoms with Gasteiger partial charge in [0.05, 0.1) is 12.7 Å². The summed E-state index contributed by atoms with van der Waals surface area (Å²) in [4.78, 5) is 50.5. The van der Waals surface area contributed by atoms with Crippen LogP contribution in [0.5, 0.6) is 0 Å². The molecule has 0 atom stereocenters. The number of carbonyl (C=O) groups excluding carboxylic acids is 4. The number of hydrogen-bond donors (Lipinski definition) is 2. The summed E-state index contributed by atoms with van der Waals surface area (Å²) in [6.45, 7) is 0.668. The Morgan fingerprint density at radius 3 is 2.23 bits per heavy atom. The molecule has 3 amide bonds. The van der Waals surface area contributed by atoms with Crippen LogP contribution in [0.15, 0.2) is 42.5 Å². The van der Waals surface area contributed by atoms with E-state index in [1.54, 1.807) is 17.0 Å². The second-order valence-corrected chi connectivity index (χ2v) is 7.69. The minimum atomic E-state index is -0.838. The van der Waals surface area contributed by atoms with Crippen LogP contribution in [0.25, 0.3) is 0 Å². The summed E-state index contributed by atoms with van der Waals surface area (Å²) in [5, 5.41) is 5.08. The van der Waals surface area contributed by atoms with Gasteiger partial charge in [-0.05, 0) is 67.6 Å². The van der Waals surface area contributed by atoms with Crippen LogP contribution in [0.1, 0.15) is 35.2 Å². The predicted molar refractivity (Wildman–Crippen MR) is 115 cm³/mol. The third-order valence-corrected chi connectivity index (χ3v) is 5.42. The Labute approximate surface area is 179 Å². The van der Waals surface area contributed by atoms with Gasteiger partial charge in [-0.25, -0.2) is 4.79 Å². The van der Waals surface area contributed by atoms with Gasteiger partial charge < -0.3 is 20.3 Å². The topological polar surface area (TPSA) is 105 Å². The van der Waals surface area contributed by atoms with Crippen molar-refractivity contribution in [2.24, 2.45) is 5.92 Å². The number of rotatable bonds is 4. The van der Waals surface area contributed by atoms with Gasteiger partial charge in [0.25, 0.3) is 0 Å². The summed E-state index contributed by atoms with van der Waals surface area (Å²) in [5.74, 6) is -1.90. The summed E-state index contributed by atoms with van der Waals surface area (Å²) in [7, 11) is 1.28. The van der Waals surface area contributed by atoms with Crippen molar-refractivity contribution in [1.82, 2.24) is 0 Å². The number of nitrogens with zero attached hydrogens (tertiary/aromatic N) is 1. The zero-order chi connectivity index (χ0) is 22.0. The molecule has 2 aliphatic rings. The van der Waals surface area contributed by atoms with Crippen molar-refractivity contribution in [3.8, 4) is 0 Å². The van der Waals surface area contributed by atoms with Crippen molar-refractivity contribution >= 4 is 40.8 Å². The summed E-state index contributed by atoms with van der Waals surface area (Å²) >= 11 is 0. The van der Waals surface area contributed by atoms with Crippen molar-refractivity contribution in [3.05, 3.63) is 53.6 Å². The second kappa shape index (κ2) is 8.59. The summed E-state index contributed by atoms with van der Waals surface area (Å²) in [6.07, 6.45) is 3.65. The lowest BCUT2D eigenvalue weighted by atomic mass is 10.0. The van der Waals surface area contributed by atoms with E-state index in [0.29, 0.717) is 23.5 Å². The Morgan fingerprint density at radius 1 is 0.935 bits per heavy atom. The average molecular weight is 421 g/mol. The van der Waals surface area contributed by atoms with Gasteiger partial charge in [0.15, 0.2) is 0 Å². The number of methoxy groups -OCH3 is 1. The van der Waals surface area contributed by atoms with E-state index in [-0.39, 0.29) is 11.8 Å². The molecule has 1 heterocycles. The monoisotopic (exact) mass is 421 g/mol.